The van der Waals surface area contributed by atoms with Gasteiger partial charge in [0.1, 0.15) is 6.04 Å². The van der Waals surface area contributed by atoms with E-state index in [9.17, 15) is 9.59 Å². The van der Waals surface area contributed by atoms with E-state index in [1.807, 2.05) is 13.8 Å². The average Bonchev–Trinajstić information content (AvgIpc) is 2.13. The van der Waals surface area contributed by atoms with Gasteiger partial charge < -0.3 is 10.4 Å². The molecule has 5 nitrogen and oxygen atoms in total. The Morgan fingerprint density at radius 3 is 2.07 bits per heavy atom. The number of hydrogen-bond acceptors (Lipinski definition) is 3. The number of carboxylic acids is 1. The first-order chi connectivity index (χ1) is 6.84. The number of carbonyl (C=O) groups excluding carboxylic acids is 1. The highest BCUT2D eigenvalue weighted by molar-refractivity contribution is 5.82. The lowest BCUT2D eigenvalue weighted by atomic mass is 10.2. The molecule has 0 fully saturated rings. The Kier molecular flexibility index (Phi) is 5.93. The number of hydrogen-bond donors (Lipinski definition) is 3. The van der Waals surface area contributed by atoms with Crippen LogP contribution in [0.1, 0.15) is 27.7 Å². The van der Waals surface area contributed by atoms with E-state index in [-0.39, 0.29) is 5.91 Å². The molecule has 0 aliphatic carbocycles. The van der Waals surface area contributed by atoms with E-state index in [0.29, 0.717) is 12.5 Å². The molecule has 0 spiro atoms. The van der Waals surface area contributed by atoms with Gasteiger partial charge in [-0.3, -0.25) is 14.9 Å². The number of rotatable bonds is 6. The van der Waals surface area contributed by atoms with Crippen LogP contribution in [0.5, 0.6) is 0 Å². The van der Waals surface area contributed by atoms with Crippen LogP contribution in [0.2, 0.25) is 0 Å². The van der Waals surface area contributed by atoms with Crippen molar-refractivity contribution in [3.8, 4) is 0 Å². The summed E-state index contributed by atoms with van der Waals surface area (Å²) in [6.45, 7) is 7.76. The highest BCUT2D eigenvalue weighted by Gasteiger charge is 2.18. The Labute approximate surface area is 90.2 Å². The van der Waals surface area contributed by atoms with Crippen molar-refractivity contribution >= 4 is 11.9 Å². The number of amides is 1. The number of carbonyl (C=O) groups is 2. The smallest absolute Gasteiger partial charge is 0.320 e. The summed E-state index contributed by atoms with van der Waals surface area (Å²) < 4.78 is 0. The third-order valence-electron chi connectivity index (χ3n) is 1.95. The molecule has 2 atom stereocenters. The van der Waals surface area contributed by atoms with Crippen LogP contribution < -0.4 is 10.6 Å². The van der Waals surface area contributed by atoms with Crippen molar-refractivity contribution in [2.24, 2.45) is 5.92 Å². The molecule has 1 amide bonds. The molecular weight excluding hydrogens is 196 g/mol. The Hall–Kier alpha value is -1.10. The predicted octanol–water partition coefficient (Wildman–Crippen LogP) is 0.210. The molecule has 2 unspecified atom stereocenters. The van der Waals surface area contributed by atoms with E-state index < -0.39 is 18.1 Å². The van der Waals surface area contributed by atoms with Crippen LogP contribution in [0.25, 0.3) is 0 Å². The first-order valence-corrected chi connectivity index (χ1v) is 5.11. The fourth-order valence-electron chi connectivity index (χ4n) is 0.980. The van der Waals surface area contributed by atoms with E-state index in [1.54, 1.807) is 6.92 Å². The van der Waals surface area contributed by atoms with Crippen molar-refractivity contribution in [2.75, 3.05) is 6.54 Å². The molecule has 88 valence electrons. The van der Waals surface area contributed by atoms with Gasteiger partial charge in [-0.05, 0) is 19.8 Å². The maximum absolute atomic E-state index is 11.4. The van der Waals surface area contributed by atoms with E-state index in [0.717, 1.165) is 0 Å². The van der Waals surface area contributed by atoms with Gasteiger partial charge >= 0.3 is 5.97 Å². The lowest BCUT2D eigenvalue weighted by Crippen LogP contribution is -2.48. The molecule has 0 radical (unpaired) electrons. The summed E-state index contributed by atoms with van der Waals surface area (Å²) in [6, 6.07) is -1.21. The second kappa shape index (κ2) is 6.40. The Bertz CT molecular complexity index is 229. The van der Waals surface area contributed by atoms with Crippen molar-refractivity contribution in [3.05, 3.63) is 0 Å². The third kappa shape index (κ3) is 6.06. The minimum Gasteiger partial charge on any atom is -0.480 e. The minimum atomic E-state index is -0.960. The van der Waals surface area contributed by atoms with Crippen molar-refractivity contribution < 1.29 is 14.7 Å². The van der Waals surface area contributed by atoms with Gasteiger partial charge in [0.2, 0.25) is 5.91 Å². The van der Waals surface area contributed by atoms with Crippen molar-refractivity contribution in [1.29, 1.82) is 0 Å². The number of nitrogens with one attached hydrogen (secondary N) is 2. The zero-order chi connectivity index (χ0) is 12.0. The fraction of sp³-hybridized carbons (Fsp3) is 0.800. The van der Waals surface area contributed by atoms with Gasteiger partial charge in [-0.15, -0.1) is 0 Å². The highest BCUT2D eigenvalue weighted by atomic mass is 16.4. The van der Waals surface area contributed by atoms with Gasteiger partial charge in [0, 0.05) is 6.54 Å². The third-order valence-corrected chi connectivity index (χ3v) is 1.95. The zero-order valence-electron chi connectivity index (χ0n) is 9.70. The number of carboxylic acid groups (broad SMARTS) is 1. The SMILES string of the molecule is CC(C)CNC(=O)C(C)NC(C)C(=O)O. The molecule has 0 aromatic heterocycles. The van der Waals surface area contributed by atoms with Gasteiger partial charge in [0.05, 0.1) is 6.04 Å². The Morgan fingerprint density at radius 2 is 1.67 bits per heavy atom. The molecule has 0 aliphatic heterocycles. The number of aliphatic carboxylic acids is 1. The summed E-state index contributed by atoms with van der Waals surface area (Å²) in [5.41, 5.74) is 0. The van der Waals surface area contributed by atoms with Crippen LogP contribution in [0, 0.1) is 5.92 Å². The van der Waals surface area contributed by atoms with Crippen LogP contribution in [-0.4, -0.2) is 35.6 Å². The van der Waals surface area contributed by atoms with Gasteiger partial charge in [-0.25, -0.2) is 0 Å². The molecule has 3 N–H and O–H groups in total. The first kappa shape index (κ1) is 13.9. The molecule has 15 heavy (non-hydrogen) atoms. The molecule has 0 saturated carbocycles. The summed E-state index contributed by atoms with van der Waals surface area (Å²) in [7, 11) is 0. The minimum absolute atomic E-state index is 0.170. The van der Waals surface area contributed by atoms with E-state index in [4.69, 9.17) is 5.11 Å². The molecule has 0 rings (SSSR count). The Morgan fingerprint density at radius 1 is 1.13 bits per heavy atom. The molecular formula is C10H20N2O3. The van der Waals surface area contributed by atoms with E-state index >= 15 is 0 Å². The van der Waals surface area contributed by atoms with E-state index in [2.05, 4.69) is 10.6 Å². The summed E-state index contributed by atoms with van der Waals surface area (Å²) >= 11 is 0. The van der Waals surface area contributed by atoms with Crippen LogP contribution in [0.15, 0.2) is 0 Å². The van der Waals surface area contributed by atoms with Crippen molar-refractivity contribution in [2.45, 2.75) is 39.8 Å². The quantitative estimate of drug-likeness (QED) is 0.593. The lowest BCUT2D eigenvalue weighted by molar-refractivity contribution is -0.139. The second-order valence-corrected chi connectivity index (χ2v) is 4.09. The van der Waals surface area contributed by atoms with E-state index in [1.165, 1.54) is 6.92 Å². The monoisotopic (exact) mass is 216 g/mol. The summed E-state index contributed by atoms with van der Waals surface area (Å²) in [4.78, 5) is 22.0. The molecule has 0 bridgehead atoms. The highest BCUT2D eigenvalue weighted by Crippen LogP contribution is 1.91. The van der Waals surface area contributed by atoms with Crippen LogP contribution in [-0.2, 0) is 9.59 Å². The summed E-state index contributed by atoms with van der Waals surface area (Å²) in [6.07, 6.45) is 0. The Balaban J connectivity index is 3.93. The summed E-state index contributed by atoms with van der Waals surface area (Å²) in [5, 5.41) is 14.1. The largest absolute Gasteiger partial charge is 0.480 e. The standard InChI is InChI=1S/C10H20N2O3/c1-6(2)5-11-9(13)7(3)12-8(4)10(14)15/h6-8,12H,5H2,1-4H3,(H,11,13)(H,14,15). The molecule has 0 heterocycles. The molecule has 0 aromatic rings. The van der Waals surface area contributed by atoms with Crippen LogP contribution in [0.3, 0.4) is 0 Å². The van der Waals surface area contributed by atoms with Crippen molar-refractivity contribution in [1.82, 2.24) is 10.6 Å². The lowest BCUT2D eigenvalue weighted by Gasteiger charge is -2.17. The maximum atomic E-state index is 11.4. The predicted molar refractivity (Wildman–Crippen MR) is 57.5 cm³/mol. The van der Waals surface area contributed by atoms with Crippen LogP contribution >= 0.6 is 0 Å². The zero-order valence-corrected chi connectivity index (χ0v) is 9.70. The molecule has 5 heteroatoms. The molecule has 0 aliphatic rings. The summed E-state index contributed by atoms with van der Waals surface area (Å²) in [5.74, 6) is -0.742. The normalized spacial score (nSPS) is 14.7. The fourth-order valence-corrected chi connectivity index (χ4v) is 0.980. The maximum Gasteiger partial charge on any atom is 0.320 e. The first-order valence-electron chi connectivity index (χ1n) is 5.11. The van der Waals surface area contributed by atoms with Gasteiger partial charge in [0.15, 0.2) is 0 Å². The second-order valence-electron chi connectivity index (χ2n) is 4.09. The van der Waals surface area contributed by atoms with Gasteiger partial charge in [-0.1, -0.05) is 13.8 Å². The van der Waals surface area contributed by atoms with Crippen LogP contribution in [0.4, 0.5) is 0 Å². The van der Waals surface area contributed by atoms with Crippen molar-refractivity contribution in [3.63, 3.8) is 0 Å². The van der Waals surface area contributed by atoms with Gasteiger partial charge in [0.25, 0.3) is 0 Å². The molecule has 0 aromatic carbocycles. The topological polar surface area (TPSA) is 78.4 Å². The molecule has 0 saturated heterocycles. The van der Waals surface area contributed by atoms with Gasteiger partial charge in [-0.2, -0.15) is 0 Å². The average molecular weight is 216 g/mol.